The molecule has 1 N–H and O–H groups in total. The molecule has 1 saturated carbocycles. The van der Waals surface area contributed by atoms with Gasteiger partial charge < -0.3 is 4.90 Å². The summed E-state index contributed by atoms with van der Waals surface area (Å²) in [4.78, 5) is 13.9. The van der Waals surface area contributed by atoms with Crippen LogP contribution in [-0.4, -0.2) is 25.2 Å². The zero-order chi connectivity index (χ0) is 13.8. The zero-order valence-electron chi connectivity index (χ0n) is 11.7. The monoisotopic (exact) mass is 271 g/mol. The Morgan fingerprint density at radius 3 is 2.50 bits per heavy atom. The highest BCUT2D eigenvalue weighted by Crippen LogP contribution is 2.28. The van der Waals surface area contributed by atoms with E-state index in [0.29, 0.717) is 0 Å². The summed E-state index contributed by atoms with van der Waals surface area (Å²) in [6.45, 7) is 2.32. The molecule has 0 atom stereocenters. The van der Waals surface area contributed by atoms with Crippen molar-refractivity contribution in [2.45, 2.75) is 32.1 Å². The van der Waals surface area contributed by atoms with Gasteiger partial charge in [0.15, 0.2) is 0 Å². The van der Waals surface area contributed by atoms with E-state index in [0.717, 1.165) is 31.5 Å². The molecule has 0 aromatic heterocycles. The Bertz CT molecular complexity index is 485. The molecule has 2 aliphatic rings. The molecule has 2 fully saturated rings. The van der Waals surface area contributed by atoms with Gasteiger partial charge in [0, 0.05) is 24.7 Å². The van der Waals surface area contributed by atoms with E-state index in [-0.39, 0.29) is 11.8 Å². The third kappa shape index (κ3) is 3.38. The number of benzene rings is 1. The molecule has 1 aromatic rings. The van der Waals surface area contributed by atoms with Crippen molar-refractivity contribution in [3.63, 3.8) is 0 Å². The second kappa shape index (κ2) is 6.07. The number of piperidine rings is 1. The summed E-state index contributed by atoms with van der Waals surface area (Å²) in [7, 11) is 0. The Hall–Kier alpha value is -1.84. The summed E-state index contributed by atoms with van der Waals surface area (Å²) in [5, 5.41) is 4.01. The first-order valence-corrected chi connectivity index (χ1v) is 7.51. The van der Waals surface area contributed by atoms with Gasteiger partial charge in [0.05, 0.1) is 6.21 Å². The summed E-state index contributed by atoms with van der Waals surface area (Å²) in [6, 6.07) is 8.37. The van der Waals surface area contributed by atoms with Crippen LogP contribution in [0.3, 0.4) is 0 Å². The number of carbonyl (C=O) groups is 1. The maximum Gasteiger partial charge on any atom is 0.243 e. The standard InChI is InChI=1S/C16H21N3O/c20-16(14-6-7-14)18-17-12-13-4-8-15(9-5-13)19-10-2-1-3-11-19/h4-5,8-9,12,14H,1-3,6-7,10-11H2,(H,18,20)/b17-12-. The van der Waals surface area contributed by atoms with Crippen molar-refractivity contribution >= 4 is 17.8 Å². The van der Waals surface area contributed by atoms with Crippen LogP contribution in [0.1, 0.15) is 37.7 Å². The van der Waals surface area contributed by atoms with Crippen LogP contribution in [0.15, 0.2) is 29.4 Å². The number of hydrogen-bond acceptors (Lipinski definition) is 3. The largest absolute Gasteiger partial charge is 0.372 e. The molecule has 1 saturated heterocycles. The van der Waals surface area contributed by atoms with Gasteiger partial charge in [0.25, 0.3) is 0 Å². The molecule has 1 aliphatic heterocycles. The van der Waals surface area contributed by atoms with Gasteiger partial charge in [-0.25, -0.2) is 5.43 Å². The van der Waals surface area contributed by atoms with Gasteiger partial charge >= 0.3 is 0 Å². The predicted molar refractivity (Wildman–Crippen MR) is 81.0 cm³/mol. The molecule has 0 radical (unpaired) electrons. The average molecular weight is 271 g/mol. The molecular formula is C16H21N3O. The topological polar surface area (TPSA) is 44.7 Å². The Morgan fingerprint density at radius 2 is 1.85 bits per heavy atom. The molecule has 20 heavy (non-hydrogen) atoms. The fourth-order valence-electron chi connectivity index (χ4n) is 2.53. The van der Waals surface area contributed by atoms with E-state index < -0.39 is 0 Å². The normalized spacial score (nSPS) is 19.3. The number of rotatable bonds is 4. The van der Waals surface area contributed by atoms with Crippen LogP contribution >= 0.6 is 0 Å². The minimum absolute atomic E-state index is 0.0474. The molecule has 4 heteroatoms. The first-order chi connectivity index (χ1) is 9.83. The lowest BCUT2D eigenvalue weighted by Gasteiger charge is -2.28. The quantitative estimate of drug-likeness (QED) is 0.675. The molecule has 0 unspecified atom stereocenters. The van der Waals surface area contributed by atoms with Crippen molar-refractivity contribution in [2.75, 3.05) is 18.0 Å². The SMILES string of the molecule is O=C(N/N=C\c1ccc(N2CCCCC2)cc1)C1CC1. The van der Waals surface area contributed by atoms with Gasteiger partial charge in [-0.1, -0.05) is 12.1 Å². The molecule has 3 rings (SSSR count). The lowest BCUT2D eigenvalue weighted by molar-refractivity contribution is -0.122. The van der Waals surface area contributed by atoms with Crippen molar-refractivity contribution in [3.05, 3.63) is 29.8 Å². The van der Waals surface area contributed by atoms with Crippen molar-refractivity contribution in [2.24, 2.45) is 11.0 Å². The molecular weight excluding hydrogens is 250 g/mol. The average Bonchev–Trinajstić information content (AvgIpc) is 3.33. The highest BCUT2D eigenvalue weighted by Gasteiger charge is 2.29. The number of hydrazone groups is 1. The van der Waals surface area contributed by atoms with E-state index in [9.17, 15) is 4.79 Å². The van der Waals surface area contributed by atoms with Gasteiger partial charge in [-0.15, -0.1) is 0 Å². The van der Waals surface area contributed by atoms with Crippen LogP contribution in [0, 0.1) is 5.92 Å². The summed E-state index contributed by atoms with van der Waals surface area (Å²) >= 11 is 0. The zero-order valence-corrected chi connectivity index (χ0v) is 11.7. The molecule has 4 nitrogen and oxygen atoms in total. The van der Waals surface area contributed by atoms with E-state index in [1.807, 2.05) is 0 Å². The molecule has 1 aromatic carbocycles. The van der Waals surface area contributed by atoms with Crippen LogP contribution in [0.2, 0.25) is 0 Å². The first-order valence-electron chi connectivity index (χ1n) is 7.51. The predicted octanol–water partition coefficient (Wildman–Crippen LogP) is 2.54. The third-order valence-electron chi connectivity index (χ3n) is 3.95. The summed E-state index contributed by atoms with van der Waals surface area (Å²) in [6.07, 6.45) is 7.65. The lowest BCUT2D eigenvalue weighted by atomic mass is 10.1. The van der Waals surface area contributed by atoms with Crippen molar-refractivity contribution in [1.29, 1.82) is 0 Å². The molecule has 106 valence electrons. The van der Waals surface area contributed by atoms with Crippen molar-refractivity contribution in [3.8, 4) is 0 Å². The maximum absolute atomic E-state index is 11.4. The van der Waals surface area contributed by atoms with Crippen LogP contribution in [0.5, 0.6) is 0 Å². The number of amides is 1. The molecule has 1 heterocycles. The van der Waals surface area contributed by atoms with Gasteiger partial charge in [0.2, 0.25) is 5.91 Å². The van der Waals surface area contributed by atoms with Gasteiger partial charge in [-0.3, -0.25) is 4.79 Å². The molecule has 1 amide bonds. The number of hydrogen-bond donors (Lipinski definition) is 1. The highest BCUT2D eigenvalue weighted by atomic mass is 16.2. The van der Waals surface area contributed by atoms with E-state index in [4.69, 9.17) is 0 Å². The third-order valence-corrected chi connectivity index (χ3v) is 3.95. The second-order valence-corrected chi connectivity index (χ2v) is 5.65. The van der Waals surface area contributed by atoms with E-state index in [1.54, 1.807) is 6.21 Å². The van der Waals surface area contributed by atoms with Crippen LogP contribution < -0.4 is 10.3 Å². The smallest absolute Gasteiger partial charge is 0.243 e. The Morgan fingerprint density at radius 1 is 1.15 bits per heavy atom. The van der Waals surface area contributed by atoms with Crippen molar-refractivity contribution in [1.82, 2.24) is 5.43 Å². The molecule has 0 spiro atoms. The highest BCUT2D eigenvalue weighted by molar-refractivity contribution is 5.84. The summed E-state index contributed by atoms with van der Waals surface area (Å²) in [5.74, 6) is 0.250. The van der Waals surface area contributed by atoms with Gasteiger partial charge in [0.1, 0.15) is 0 Å². The number of anilines is 1. The lowest BCUT2D eigenvalue weighted by Crippen LogP contribution is -2.29. The van der Waals surface area contributed by atoms with Crippen LogP contribution in [0.25, 0.3) is 0 Å². The van der Waals surface area contributed by atoms with Crippen LogP contribution in [0.4, 0.5) is 5.69 Å². The Balaban J connectivity index is 1.54. The van der Waals surface area contributed by atoms with E-state index in [2.05, 4.69) is 39.7 Å². The number of carbonyl (C=O) groups excluding carboxylic acids is 1. The van der Waals surface area contributed by atoms with Gasteiger partial charge in [-0.2, -0.15) is 5.10 Å². The molecule has 1 aliphatic carbocycles. The van der Waals surface area contributed by atoms with E-state index in [1.165, 1.54) is 24.9 Å². The minimum atomic E-state index is 0.0474. The summed E-state index contributed by atoms with van der Waals surface area (Å²) in [5.41, 5.74) is 4.89. The summed E-state index contributed by atoms with van der Waals surface area (Å²) < 4.78 is 0. The number of nitrogens with zero attached hydrogens (tertiary/aromatic N) is 2. The maximum atomic E-state index is 11.4. The fraction of sp³-hybridized carbons (Fsp3) is 0.500. The van der Waals surface area contributed by atoms with Crippen molar-refractivity contribution < 1.29 is 4.79 Å². The van der Waals surface area contributed by atoms with E-state index >= 15 is 0 Å². The van der Waals surface area contributed by atoms with Crippen LogP contribution in [-0.2, 0) is 4.79 Å². The second-order valence-electron chi connectivity index (χ2n) is 5.65. The first kappa shape index (κ1) is 13.2. The fourth-order valence-corrected chi connectivity index (χ4v) is 2.53. The van der Waals surface area contributed by atoms with Gasteiger partial charge in [-0.05, 0) is 49.8 Å². The Kier molecular flexibility index (Phi) is 4.00. The minimum Gasteiger partial charge on any atom is -0.372 e. The molecule has 0 bridgehead atoms. The Labute approximate surface area is 119 Å². The number of nitrogens with one attached hydrogen (secondary N) is 1.